The molecule has 1 N–H and O–H groups in total. The molecule has 0 radical (unpaired) electrons. The highest BCUT2D eigenvalue weighted by Crippen LogP contribution is 2.32. The number of amides is 1. The fourth-order valence-corrected chi connectivity index (χ4v) is 3.66. The van der Waals surface area contributed by atoms with Crippen molar-refractivity contribution in [3.05, 3.63) is 93.5 Å². The first-order valence-corrected chi connectivity index (χ1v) is 9.90. The number of carbonyl (C=O) groups is 4. The number of nitrogens with one attached hydrogen (secondary N) is 1. The summed E-state index contributed by atoms with van der Waals surface area (Å²) >= 11 is 5.91. The summed E-state index contributed by atoms with van der Waals surface area (Å²) in [5, 5.41) is 2.86. The standard InChI is InChI=1S/C24H16ClNO6/c1-31-19-10-9-13(25)11-17(19)24(30)32-12-20(27)26-18-8-4-7-16-21(18)23(29)15-6-3-2-5-14(15)22(16)28/h2-11H,12H2,1H3,(H,26,27). The molecular formula is C24H16ClNO6. The quantitative estimate of drug-likeness (QED) is 0.464. The third kappa shape index (κ3) is 3.86. The van der Waals surface area contributed by atoms with Crippen molar-refractivity contribution in [2.75, 3.05) is 19.0 Å². The first-order chi connectivity index (χ1) is 15.4. The molecule has 3 aromatic carbocycles. The highest BCUT2D eigenvalue weighted by atomic mass is 35.5. The van der Waals surface area contributed by atoms with E-state index in [1.54, 1.807) is 36.4 Å². The Labute approximate surface area is 187 Å². The summed E-state index contributed by atoms with van der Waals surface area (Å²) in [6.07, 6.45) is 0. The molecule has 0 heterocycles. The van der Waals surface area contributed by atoms with Crippen LogP contribution in [0.15, 0.2) is 60.7 Å². The van der Waals surface area contributed by atoms with E-state index in [2.05, 4.69) is 5.32 Å². The van der Waals surface area contributed by atoms with E-state index in [1.165, 1.54) is 31.4 Å². The van der Waals surface area contributed by atoms with Gasteiger partial charge in [-0.05, 0) is 24.3 Å². The number of fused-ring (bicyclic) bond motifs is 2. The summed E-state index contributed by atoms with van der Waals surface area (Å²) in [7, 11) is 1.39. The number of benzene rings is 3. The molecule has 160 valence electrons. The second-order valence-electron chi connectivity index (χ2n) is 6.90. The van der Waals surface area contributed by atoms with Crippen LogP contribution in [0.4, 0.5) is 5.69 Å². The number of halogens is 1. The van der Waals surface area contributed by atoms with Crippen LogP contribution in [-0.4, -0.2) is 37.2 Å². The molecule has 0 saturated heterocycles. The van der Waals surface area contributed by atoms with Crippen molar-refractivity contribution in [3.63, 3.8) is 0 Å². The predicted octanol–water partition coefficient (Wildman–Crippen LogP) is 3.92. The third-order valence-corrected chi connectivity index (χ3v) is 5.18. The van der Waals surface area contributed by atoms with E-state index in [0.717, 1.165) is 0 Å². The van der Waals surface area contributed by atoms with Gasteiger partial charge in [0.15, 0.2) is 18.2 Å². The van der Waals surface area contributed by atoms with Gasteiger partial charge in [0.25, 0.3) is 5.91 Å². The van der Waals surface area contributed by atoms with Crippen molar-refractivity contribution in [2.24, 2.45) is 0 Å². The predicted molar refractivity (Wildman–Crippen MR) is 117 cm³/mol. The van der Waals surface area contributed by atoms with Gasteiger partial charge in [0.05, 0.1) is 18.4 Å². The Morgan fingerprint density at radius 3 is 2.31 bits per heavy atom. The van der Waals surface area contributed by atoms with E-state index in [9.17, 15) is 19.2 Å². The van der Waals surface area contributed by atoms with E-state index in [4.69, 9.17) is 21.1 Å². The maximum Gasteiger partial charge on any atom is 0.342 e. The van der Waals surface area contributed by atoms with Gasteiger partial charge >= 0.3 is 5.97 Å². The van der Waals surface area contributed by atoms with Crippen molar-refractivity contribution in [1.82, 2.24) is 0 Å². The summed E-state index contributed by atoms with van der Waals surface area (Å²) in [6.45, 7) is -0.614. The minimum atomic E-state index is -0.797. The zero-order valence-corrected chi connectivity index (χ0v) is 17.6. The van der Waals surface area contributed by atoms with Gasteiger partial charge in [0, 0.05) is 21.7 Å². The van der Waals surface area contributed by atoms with E-state index < -0.39 is 18.5 Å². The molecule has 0 atom stereocenters. The van der Waals surface area contributed by atoms with Crippen LogP contribution in [0.3, 0.4) is 0 Å². The van der Waals surface area contributed by atoms with Crippen LogP contribution in [0.25, 0.3) is 0 Å². The van der Waals surface area contributed by atoms with Gasteiger partial charge in [-0.3, -0.25) is 14.4 Å². The van der Waals surface area contributed by atoms with Gasteiger partial charge in [-0.1, -0.05) is 48.0 Å². The smallest absolute Gasteiger partial charge is 0.342 e. The molecule has 8 heteroatoms. The van der Waals surface area contributed by atoms with Crippen molar-refractivity contribution in [2.45, 2.75) is 0 Å². The second-order valence-corrected chi connectivity index (χ2v) is 7.34. The largest absolute Gasteiger partial charge is 0.496 e. The molecule has 32 heavy (non-hydrogen) atoms. The summed E-state index contributed by atoms with van der Waals surface area (Å²) in [4.78, 5) is 50.6. The first kappa shape index (κ1) is 21.3. The molecule has 0 bridgehead atoms. The Bertz CT molecular complexity index is 1280. The fourth-order valence-electron chi connectivity index (χ4n) is 3.48. The van der Waals surface area contributed by atoms with Crippen LogP contribution in [-0.2, 0) is 9.53 Å². The highest BCUT2D eigenvalue weighted by Gasteiger charge is 2.31. The van der Waals surface area contributed by atoms with Crippen molar-refractivity contribution < 1.29 is 28.7 Å². The Kier molecular flexibility index (Phi) is 5.75. The van der Waals surface area contributed by atoms with Crippen molar-refractivity contribution in [3.8, 4) is 5.75 Å². The number of hydrogen-bond acceptors (Lipinski definition) is 6. The van der Waals surface area contributed by atoms with Gasteiger partial charge in [0.2, 0.25) is 0 Å². The van der Waals surface area contributed by atoms with Gasteiger partial charge in [-0.2, -0.15) is 0 Å². The molecule has 1 amide bonds. The first-order valence-electron chi connectivity index (χ1n) is 9.52. The van der Waals surface area contributed by atoms with Crippen LogP contribution in [0.1, 0.15) is 42.2 Å². The lowest BCUT2D eigenvalue weighted by atomic mass is 9.83. The molecule has 0 saturated carbocycles. The van der Waals surface area contributed by atoms with Crippen LogP contribution in [0.5, 0.6) is 5.75 Å². The van der Waals surface area contributed by atoms with Crippen LogP contribution < -0.4 is 10.1 Å². The molecule has 7 nitrogen and oxygen atoms in total. The number of ketones is 2. The van der Waals surface area contributed by atoms with Crippen LogP contribution >= 0.6 is 11.6 Å². The lowest BCUT2D eigenvalue weighted by Gasteiger charge is -2.20. The normalized spacial score (nSPS) is 11.9. The lowest BCUT2D eigenvalue weighted by molar-refractivity contribution is -0.119. The van der Waals surface area contributed by atoms with Crippen LogP contribution in [0.2, 0.25) is 5.02 Å². The Morgan fingerprint density at radius 2 is 1.59 bits per heavy atom. The number of methoxy groups -OCH3 is 1. The summed E-state index contributed by atoms with van der Waals surface area (Å²) < 4.78 is 10.2. The monoisotopic (exact) mass is 449 g/mol. The maximum absolute atomic E-state index is 13.0. The third-order valence-electron chi connectivity index (χ3n) is 4.94. The average Bonchev–Trinajstić information content (AvgIpc) is 2.81. The fraction of sp³-hybridized carbons (Fsp3) is 0.0833. The summed E-state index contributed by atoms with van der Waals surface area (Å²) in [5.41, 5.74) is 1.13. The molecule has 3 aromatic rings. The number of carbonyl (C=O) groups excluding carboxylic acids is 4. The van der Waals surface area contributed by atoms with Gasteiger partial charge in [-0.25, -0.2) is 4.79 Å². The van der Waals surface area contributed by atoms with Gasteiger partial charge in [-0.15, -0.1) is 0 Å². The van der Waals surface area contributed by atoms with Gasteiger partial charge < -0.3 is 14.8 Å². The summed E-state index contributed by atoms with van der Waals surface area (Å²) in [5.74, 6) is -1.89. The number of rotatable bonds is 5. The highest BCUT2D eigenvalue weighted by molar-refractivity contribution is 6.31. The second kappa shape index (κ2) is 8.64. The molecule has 1 aliphatic carbocycles. The Morgan fingerprint density at radius 1 is 0.906 bits per heavy atom. The number of anilines is 1. The lowest BCUT2D eigenvalue weighted by Crippen LogP contribution is -2.26. The van der Waals surface area contributed by atoms with E-state index in [0.29, 0.717) is 10.6 Å². The van der Waals surface area contributed by atoms with E-state index in [1.807, 2.05) is 0 Å². The molecule has 1 aliphatic rings. The minimum Gasteiger partial charge on any atom is -0.496 e. The van der Waals surface area contributed by atoms with E-state index in [-0.39, 0.29) is 45.3 Å². The Hall–Kier alpha value is -3.97. The molecule has 0 fully saturated rings. The molecule has 4 rings (SSSR count). The molecular weight excluding hydrogens is 434 g/mol. The topological polar surface area (TPSA) is 98.8 Å². The average molecular weight is 450 g/mol. The maximum atomic E-state index is 13.0. The molecule has 0 aromatic heterocycles. The molecule has 0 spiro atoms. The zero-order chi connectivity index (χ0) is 22.8. The zero-order valence-electron chi connectivity index (χ0n) is 16.8. The number of esters is 1. The van der Waals surface area contributed by atoms with Crippen molar-refractivity contribution >= 4 is 40.7 Å². The summed E-state index contributed by atoms with van der Waals surface area (Å²) in [6, 6.07) is 15.6. The molecule has 0 unspecified atom stereocenters. The Balaban J connectivity index is 1.52. The van der Waals surface area contributed by atoms with Gasteiger partial charge in [0.1, 0.15) is 11.3 Å². The minimum absolute atomic E-state index is 0.0715. The van der Waals surface area contributed by atoms with Crippen LogP contribution in [0, 0.1) is 0 Å². The van der Waals surface area contributed by atoms with Crippen molar-refractivity contribution in [1.29, 1.82) is 0 Å². The number of ether oxygens (including phenoxy) is 2. The molecule has 0 aliphatic heterocycles. The van der Waals surface area contributed by atoms with E-state index >= 15 is 0 Å². The SMILES string of the molecule is COc1ccc(Cl)cc1C(=O)OCC(=O)Nc1cccc2c1C(=O)c1ccccc1C2=O. The number of hydrogen-bond donors (Lipinski definition) is 1.